The highest BCUT2D eigenvalue weighted by Crippen LogP contribution is 2.29. The SMILES string of the molecule is CC(C)(C)OC(=O)NCc1ccc(C(NC(=O)c2ccccc2)C(=O)c2nc3ccc(NC(=O)c4ccccc4)cc3s2)cc1. The van der Waals surface area contributed by atoms with Crippen LogP contribution in [0.3, 0.4) is 0 Å². The number of alkyl carbamates (subject to hydrolysis) is 1. The lowest BCUT2D eigenvalue weighted by Gasteiger charge is -2.20. The molecular formula is C35H32N4O5S. The van der Waals surface area contributed by atoms with Crippen LogP contribution in [0, 0.1) is 0 Å². The number of carbonyl (C=O) groups excluding carboxylic acids is 4. The summed E-state index contributed by atoms with van der Waals surface area (Å²) in [6, 6.07) is 28.8. The van der Waals surface area contributed by atoms with E-state index in [-0.39, 0.29) is 23.2 Å². The maximum absolute atomic E-state index is 14.0. The Morgan fingerprint density at radius 3 is 2.04 bits per heavy atom. The van der Waals surface area contributed by atoms with Gasteiger partial charge in [-0.2, -0.15) is 0 Å². The number of nitrogens with zero attached hydrogens (tertiary/aromatic N) is 1. The first-order chi connectivity index (χ1) is 21.6. The second-order valence-corrected chi connectivity index (χ2v) is 12.3. The third-order valence-electron chi connectivity index (χ3n) is 6.62. The average Bonchev–Trinajstić information content (AvgIpc) is 3.46. The number of carbonyl (C=O) groups is 4. The molecule has 1 aromatic heterocycles. The van der Waals surface area contributed by atoms with Gasteiger partial charge < -0.3 is 20.7 Å². The van der Waals surface area contributed by atoms with Crippen LogP contribution >= 0.6 is 11.3 Å². The van der Waals surface area contributed by atoms with Gasteiger partial charge in [0, 0.05) is 23.4 Å². The van der Waals surface area contributed by atoms with Crippen molar-refractivity contribution in [1.82, 2.24) is 15.6 Å². The Bertz CT molecular complexity index is 1830. The Balaban J connectivity index is 1.37. The Hall–Kier alpha value is -5.35. The monoisotopic (exact) mass is 620 g/mol. The predicted octanol–water partition coefficient (Wildman–Crippen LogP) is 6.93. The fraction of sp³-hybridized carbons (Fsp3) is 0.171. The number of thiazole rings is 1. The Labute approximate surface area is 264 Å². The van der Waals surface area contributed by atoms with Gasteiger partial charge in [-0.3, -0.25) is 14.4 Å². The van der Waals surface area contributed by atoms with Crippen LogP contribution in [0.25, 0.3) is 10.2 Å². The minimum Gasteiger partial charge on any atom is -0.444 e. The van der Waals surface area contributed by atoms with Crippen LogP contribution < -0.4 is 16.0 Å². The number of nitrogens with one attached hydrogen (secondary N) is 3. The quantitative estimate of drug-likeness (QED) is 0.154. The van der Waals surface area contributed by atoms with Crippen molar-refractivity contribution < 1.29 is 23.9 Å². The maximum Gasteiger partial charge on any atom is 0.407 e. The maximum atomic E-state index is 14.0. The van der Waals surface area contributed by atoms with E-state index in [9.17, 15) is 19.2 Å². The summed E-state index contributed by atoms with van der Waals surface area (Å²) in [6.45, 7) is 5.59. The van der Waals surface area contributed by atoms with Gasteiger partial charge in [-0.25, -0.2) is 9.78 Å². The number of hydrogen-bond donors (Lipinski definition) is 3. The second kappa shape index (κ2) is 13.5. The molecule has 0 saturated heterocycles. The van der Waals surface area contributed by atoms with Gasteiger partial charge in [0.1, 0.15) is 11.6 Å². The smallest absolute Gasteiger partial charge is 0.407 e. The van der Waals surface area contributed by atoms with Gasteiger partial charge in [0.05, 0.1) is 10.2 Å². The van der Waals surface area contributed by atoms with Gasteiger partial charge in [-0.1, -0.05) is 60.7 Å². The number of benzene rings is 4. The molecule has 3 amide bonds. The number of aromatic nitrogens is 1. The molecule has 3 N–H and O–H groups in total. The Morgan fingerprint density at radius 1 is 0.800 bits per heavy atom. The van der Waals surface area contributed by atoms with Crippen LogP contribution in [0.1, 0.15) is 68.5 Å². The molecule has 1 atom stereocenters. The Kier molecular flexibility index (Phi) is 9.34. The molecule has 0 fully saturated rings. The first-order valence-electron chi connectivity index (χ1n) is 14.3. The van der Waals surface area contributed by atoms with Crippen molar-refractivity contribution in [1.29, 1.82) is 0 Å². The van der Waals surface area contributed by atoms with E-state index in [1.165, 1.54) is 11.3 Å². The van der Waals surface area contributed by atoms with Crippen LogP contribution in [0.15, 0.2) is 103 Å². The van der Waals surface area contributed by atoms with E-state index >= 15 is 0 Å². The fourth-order valence-corrected chi connectivity index (χ4v) is 5.42. The van der Waals surface area contributed by atoms with Crippen molar-refractivity contribution >= 4 is 50.9 Å². The molecule has 0 bridgehead atoms. The molecule has 4 aromatic carbocycles. The summed E-state index contributed by atoms with van der Waals surface area (Å²) in [5.74, 6) is -1.03. The van der Waals surface area contributed by atoms with Crippen LogP contribution in [0.2, 0.25) is 0 Å². The van der Waals surface area contributed by atoms with E-state index in [1.807, 2.05) is 6.07 Å². The zero-order valence-electron chi connectivity index (χ0n) is 25.0. The molecule has 0 spiro atoms. The van der Waals surface area contributed by atoms with Crippen LogP contribution in [-0.4, -0.2) is 34.3 Å². The van der Waals surface area contributed by atoms with Crippen LogP contribution in [0.4, 0.5) is 10.5 Å². The summed E-state index contributed by atoms with van der Waals surface area (Å²) in [5, 5.41) is 8.68. The van der Waals surface area contributed by atoms with E-state index in [1.54, 1.807) is 118 Å². The zero-order valence-corrected chi connectivity index (χ0v) is 25.8. The van der Waals surface area contributed by atoms with Crippen molar-refractivity contribution in [3.8, 4) is 0 Å². The number of hydrogen-bond acceptors (Lipinski definition) is 7. The van der Waals surface area contributed by atoms with Gasteiger partial charge in [-0.15, -0.1) is 11.3 Å². The summed E-state index contributed by atoms with van der Waals surface area (Å²) in [4.78, 5) is 56.4. The third kappa shape index (κ3) is 8.18. The molecule has 0 aliphatic heterocycles. The zero-order chi connectivity index (χ0) is 32.0. The lowest BCUT2D eigenvalue weighted by Crippen LogP contribution is -2.34. The first-order valence-corrected chi connectivity index (χ1v) is 15.1. The molecule has 228 valence electrons. The molecule has 0 radical (unpaired) electrons. The van der Waals surface area contributed by atoms with Gasteiger partial charge in [-0.05, 0) is 74.4 Å². The molecule has 1 heterocycles. The highest BCUT2D eigenvalue weighted by atomic mass is 32.1. The second-order valence-electron chi connectivity index (χ2n) is 11.3. The number of amides is 3. The lowest BCUT2D eigenvalue weighted by molar-refractivity contribution is 0.0523. The minimum absolute atomic E-state index is 0.213. The summed E-state index contributed by atoms with van der Waals surface area (Å²) in [7, 11) is 0. The number of fused-ring (bicyclic) bond motifs is 1. The van der Waals surface area contributed by atoms with Crippen molar-refractivity contribution in [2.24, 2.45) is 0 Å². The molecule has 0 saturated carbocycles. The number of ether oxygens (including phenoxy) is 1. The van der Waals surface area contributed by atoms with Gasteiger partial charge in [0.15, 0.2) is 5.01 Å². The molecule has 0 aliphatic rings. The van der Waals surface area contributed by atoms with E-state index in [2.05, 4.69) is 20.9 Å². The topological polar surface area (TPSA) is 126 Å². The molecule has 1 unspecified atom stereocenters. The average molecular weight is 621 g/mol. The van der Waals surface area contributed by atoms with Crippen molar-refractivity contribution in [3.63, 3.8) is 0 Å². The largest absolute Gasteiger partial charge is 0.444 e. The predicted molar refractivity (Wildman–Crippen MR) is 175 cm³/mol. The Morgan fingerprint density at radius 2 is 1.42 bits per heavy atom. The number of ketones is 1. The molecule has 9 nitrogen and oxygen atoms in total. The minimum atomic E-state index is -1.02. The molecule has 10 heteroatoms. The van der Waals surface area contributed by atoms with Crippen molar-refractivity contribution in [2.75, 3.05) is 5.32 Å². The van der Waals surface area contributed by atoms with Crippen molar-refractivity contribution in [2.45, 2.75) is 39.0 Å². The van der Waals surface area contributed by atoms with E-state index in [0.717, 1.165) is 5.56 Å². The molecule has 45 heavy (non-hydrogen) atoms. The van der Waals surface area contributed by atoms with Crippen LogP contribution in [-0.2, 0) is 11.3 Å². The van der Waals surface area contributed by atoms with Gasteiger partial charge in [0.2, 0.25) is 5.78 Å². The summed E-state index contributed by atoms with van der Waals surface area (Å²) in [5.41, 5.74) is 2.84. The summed E-state index contributed by atoms with van der Waals surface area (Å²) >= 11 is 1.18. The molecule has 5 rings (SSSR count). The first kappa shape index (κ1) is 31.1. The molecule has 5 aromatic rings. The summed E-state index contributed by atoms with van der Waals surface area (Å²) in [6.07, 6.45) is -0.534. The van der Waals surface area contributed by atoms with Gasteiger partial charge in [0.25, 0.3) is 11.8 Å². The number of rotatable bonds is 9. The summed E-state index contributed by atoms with van der Waals surface area (Å²) < 4.78 is 6.00. The highest BCUT2D eigenvalue weighted by Gasteiger charge is 2.27. The molecular weight excluding hydrogens is 588 g/mol. The van der Waals surface area contributed by atoms with Gasteiger partial charge >= 0.3 is 6.09 Å². The van der Waals surface area contributed by atoms with E-state index in [0.29, 0.717) is 32.6 Å². The number of Topliss-reactive ketones (excluding diaryl/α,β-unsaturated/α-hetero) is 1. The van der Waals surface area contributed by atoms with Crippen molar-refractivity contribution in [3.05, 3.63) is 130 Å². The fourth-order valence-electron chi connectivity index (χ4n) is 4.44. The highest BCUT2D eigenvalue weighted by molar-refractivity contribution is 7.20. The number of anilines is 1. The lowest BCUT2D eigenvalue weighted by atomic mass is 10.0. The molecule has 0 aliphatic carbocycles. The third-order valence-corrected chi connectivity index (χ3v) is 7.65. The normalized spacial score (nSPS) is 11.8. The van der Waals surface area contributed by atoms with E-state index < -0.39 is 23.6 Å². The standard InChI is InChI=1S/C35H32N4O5S/c1-35(2,3)44-34(43)36-21-22-14-16-23(17-15-22)29(39-32(42)25-12-8-5-9-13-25)30(40)33-38-27-19-18-26(20-28(27)45-33)37-31(41)24-10-6-4-7-11-24/h4-20,29H,21H2,1-3H3,(H,36,43)(H,37,41)(H,39,42). The van der Waals surface area contributed by atoms with E-state index in [4.69, 9.17) is 4.74 Å². The van der Waals surface area contributed by atoms with Crippen LogP contribution in [0.5, 0.6) is 0 Å².